The molecule has 25 heavy (non-hydrogen) atoms. The van der Waals surface area contributed by atoms with E-state index in [1.165, 1.54) is 0 Å². The Balaban J connectivity index is 1.93. The summed E-state index contributed by atoms with van der Waals surface area (Å²) < 4.78 is 5.28. The van der Waals surface area contributed by atoms with Gasteiger partial charge in [0.05, 0.1) is 0 Å². The van der Waals surface area contributed by atoms with Gasteiger partial charge in [-0.3, -0.25) is 4.98 Å². The van der Waals surface area contributed by atoms with E-state index < -0.39 is 11.7 Å². The molecule has 0 saturated carbocycles. The van der Waals surface area contributed by atoms with Gasteiger partial charge in [-0.2, -0.15) is 0 Å². The van der Waals surface area contributed by atoms with Crippen LogP contribution in [0, 0.1) is 0 Å². The van der Waals surface area contributed by atoms with E-state index in [4.69, 9.17) is 4.74 Å². The summed E-state index contributed by atoms with van der Waals surface area (Å²) in [4.78, 5) is 16.0. The van der Waals surface area contributed by atoms with Crippen molar-refractivity contribution >= 4 is 6.09 Å². The number of hydrogen-bond donors (Lipinski definition) is 2. The summed E-state index contributed by atoms with van der Waals surface area (Å²) in [5.74, 6) is 0. The van der Waals surface area contributed by atoms with Crippen LogP contribution in [0.4, 0.5) is 4.79 Å². The smallest absolute Gasteiger partial charge is 0.407 e. The second kappa shape index (κ2) is 8.62. The zero-order valence-corrected chi connectivity index (χ0v) is 15.4. The Morgan fingerprint density at radius 2 is 1.80 bits per heavy atom. The van der Waals surface area contributed by atoms with Gasteiger partial charge in [-0.15, -0.1) is 0 Å². The first-order chi connectivity index (χ1) is 11.8. The van der Waals surface area contributed by atoms with E-state index in [0.29, 0.717) is 13.1 Å². The second-order valence-electron chi connectivity index (χ2n) is 7.01. The second-order valence-corrected chi connectivity index (χ2v) is 7.01. The molecule has 2 aromatic rings. The van der Waals surface area contributed by atoms with Gasteiger partial charge in [0.25, 0.3) is 0 Å². The van der Waals surface area contributed by atoms with E-state index in [-0.39, 0.29) is 6.04 Å². The molecule has 0 saturated heterocycles. The number of benzene rings is 1. The maximum atomic E-state index is 11.8. The molecule has 2 rings (SSSR count). The molecule has 5 nitrogen and oxygen atoms in total. The molecule has 1 unspecified atom stereocenters. The van der Waals surface area contributed by atoms with Gasteiger partial charge in [-0.05, 0) is 50.5 Å². The predicted molar refractivity (Wildman–Crippen MR) is 99.0 cm³/mol. The number of nitrogens with one attached hydrogen (secondary N) is 2. The highest BCUT2D eigenvalue weighted by atomic mass is 16.6. The molecule has 0 aliphatic carbocycles. The number of carbonyl (C=O) groups excluding carboxylic acids is 1. The Morgan fingerprint density at radius 1 is 1.12 bits per heavy atom. The van der Waals surface area contributed by atoms with Gasteiger partial charge >= 0.3 is 6.09 Å². The molecule has 1 aromatic carbocycles. The Labute approximate surface area is 149 Å². The van der Waals surface area contributed by atoms with Crippen LogP contribution in [-0.2, 0) is 17.8 Å². The summed E-state index contributed by atoms with van der Waals surface area (Å²) in [7, 11) is 0. The SMILES string of the molecule is CC(NCc1ccccc1CNC(=O)OC(C)(C)C)c1cccnc1. The molecule has 1 atom stereocenters. The summed E-state index contributed by atoms with van der Waals surface area (Å²) in [5, 5.41) is 6.31. The summed E-state index contributed by atoms with van der Waals surface area (Å²) in [6, 6.07) is 12.2. The van der Waals surface area contributed by atoms with Gasteiger partial charge in [-0.1, -0.05) is 30.3 Å². The third-order valence-corrected chi connectivity index (χ3v) is 3.72. The number of nitrogens with zero attached hydrogens (tertiary/aromatic N) is 1. The van der Waals surface area contributed by atoms with Gasteiger partial charge < -0.3 is 15.4 Å². The summed E-state index contributed by atoms with van der Waals surface area (Å²) in [6.07, 6.45) is 3.24. The number of rotatable bonds is 6. The number of carbonyl (C=O) groups is 1. The van der Waals surface area contributed by atoms with E-state index in [2.05, 4.69) is 34.7 Å². The van der Waals surface area contributed by atoms with Crippen molar-refractivity contribution in [2.24, 2.45) is 0 Å². The van der Waals surface area contributed by atoms with Crippen molar-refractivity contribution in [1.82, 2.24) is 15.6 Å². The highest BCUT2D eigenvalue weighted by Gasteiger charge is 2.16. The van der Waals surface area contributed by atoms with Crippen molar-refractivity contribution in [2.45, 2.75) is 52.4 Å². The first-order valence-corrected chi connectivity index (χ1v) is 8.52. The number of alkyl carbamates (subject to hydrolysis) is 1. The van der Waals surface area contributed by atoms with Gasteiger partial charge in [0, 0.05) is 31.5 Å². The highest BCUT2D eigenvalue weighted by Crippen LogP contribution is 2.14. The van der Waals surface area contributed by atoms with Crippen LogP contribution in [0.5, 0.6) is 0 Å². The van der Waals surface area contributed by atoms with Crippen molar-refractivity contribution in [3.8, 4) is 0 Å². The monoisotopic (exact) mass is 341 g/mol. The first kappa shape index (κ1) is 18.9. The largest absolute Gasteiger partial charge is 0.444 e. The van der Waals surface area contributed by atoms with Crippen LogP contribution in [0.1, 0.15) is 50.4 Å². The Hall–Kier alpha value is -2.40. The van der Waals surface area contributed by atoms with Crippen LogP contribution in [-0.4, -0.2) is 16.7 Å². The van der Waals surface area contributed by atoms with Crippen LogP contribution in [0.2, 0.25) is 0 Å². The minimum atomic E-state index is -0.496. The highest BCUT2D eigenvalue weighted by molar-refractivity contribution is 5.67. The number of pyridine rings is 1. The Bertz CT molecular complexity index is 681. The zero-order chi connectivity index (χ0) is 18.3. The fraction of sp³-hybridized carbons (Fsp3) is 0.400. The Morgan fingerprint density at radius 3 is 2.40 bits per heavy atom. The van der Waals surface area contributed by atoms with E-state index in [1.54, 1.807) is 6.20 Å². The maximum Gasteiger partial charge on any atom is 0.407 e. The molecule has 0 spiro atoms. The van der Waals surface area contributed by atoms with Gasteiger partial charge in [0.2, 0.25) is 0 Å². The number of hydrogen-bond acceptors (Lipinski definition) is 4. The zero-order valence-electron chi connectivity index (χ0n) is 15.4. The van der Waals surface area contributed by atoms with Crippen LogP contribution >= 0.6 is 0 Å². The van der Waals surface area contributed by atoms with Crippen molar-refractivity contribution in [3.05, 3.63) is 65.5 Å². The van der Waals surface area contributed by atoms with Gasteiger partial charge in [0.15, 0.2) is 0 Å². The molecule has 0 radical (unpaired) electrons. The summed E-state index contributed by atoms with van der Waals surface area (Å²) >= 11 is 0. The third kappa shape index (κ3) is 6.55. The molecule has 0 bridgehead atoms. The van der Waals surface area contributed by atoms with Crippen LogP contribution in [0.15, 0.2) is 48.8 Å². The van der Waals surface area contributed by atoms with E-state index in [0.717, 1.165) is 16.7 Å². The molecular weight excluding hydrogens is 314 g/mol. The molecule has 1 amide bonds. The van der Waals surface area contributed by atoms with E-state index in [9.17, 15) is 4.79 Å². The normalized spacial score (nSPS) is 12.5. The van der Waals surface area contributed by atoms with Crippen molar-refractivity contribution in [2.75, 3.05) is 0 Å². The molecule has 5 heteroatoms. The standard InChI is InChI=1S/C20H27N3O2/c1-15(16-10-7-11-21-12-16)22-13-17-8-5-6-9-18(17)14-23-19(24)25-20(2,3)4/h5-12,15,22H,13-14H2,1-4H3,(H,23,24). The minimum absolute atomic E-state index is 0.195. The summed E-state index contributed by atoms with van der Waals surface area (Å²) in [5.41, 5.74) is 2.87. The van der Waals surface area contributed by atoms with Gasteiger partial charge in [-0.25, -0.2) is 4.79 Å². The Kier molecular flexibility index (Phi) is 6.53. The average Bonchev–Trinajstić information content (AvgIpc) is 2.58. The van der Waals surface area contributed by atoms with Crippen LogP contribution in [0.3, 0.4) is 0 Å². The van der Waals surface area contributed by atoms with Crippen LogP contribution < -0.4 is 10.6 Å². The maximum absolute atomic E-state index is 11.8. The lowest BCUT2D eigenvalue weighted by Gasteiger charge is -2.20. The topological polar surface area (TPSA) is 63.2 Å². The van der Waals surface area contributed by atoms with E-state index >= 15 is 0 Å². The molecule has 0 fully saturated rings. The number of aromatic nitrogens is 1. The predicted octanol–water partition coefficient (Wildman–Crippen LogP) is 3.96. The molecule has 1 aromatic heterocycles. The minimum Gasteiger partial charge on any atom is -0.444 e. The molecular formula is C20H27N3O2. The molecule has 0 aliphatic heterocycles. The summed E-state index contributed by atoms with van der Waals surface area (Å²) in [6.45, 7) is 8.81. The van der Waals surface area contributed by atoms with Crippen molar-refractivity contribution in [1.29, 1.82) is 0 Å². The number of ether oxygens (including phenoxy) is 1. The average molecular weight is 341 g/mol. The molecule has 134 valence electrons. The lowest BCUT2D eigenvalue weighted by atomic mass is 10.1. The molecule has 1 heterocycles. The van der Waals surface area contributed by atoms with Crippen LogP contribution in [0.25, 0.3) is 0 Å². The fourth-order valence-electron chi connectivity index (χ4n) is 2.40. The lowest BCUT2D eigenvalue weighted by molar-refractivity contribution is 0.0523. The molecule has 2 N–H and O–H groups in total. The fourth-order valence-corrected chi connectivity index (χ4v) is 2.40. The lowest BCUT2D eigenvalue weighted by Crippen LogP contribution is -2.32. The third-order valence-electron chi connectivity index (χ3n) is 3.72. The van der Waals surface area contributed by atoms with Crippen molar-refractivity contribution in [3.63, 3.8) is 0 Å². The first-order valence-electron chi connectivity index (χ1n) is 8.52. The van der Waals surface area contributed by atoms with Gasteiger partial charge in [0.1, 0.15) is 5.60 Å². The molecule has 0 aliphatic rings. The number of amides is 1. The van der Waals surface area contributed by atoms with Crippen molar-refractivity contribution < 1.29 is 9.53 Å². The van der Waals surface area contributed by atoms with E-state index in [1.807, 2.05) is 51.2 Å². The quantitative estimate of drug-likeness (QED) is 0.835.